The molecule has 0 aromatic heterocycles. The minimum absolute atomic E-state index is 0.0412. The summed E-state index contributed by atoms with van der Waals surface area (Å²) in [5.41, 5.74) is 0. The van der Waals surface area contributed by atoms with Crippen LogP contribution in [0.25, 0.3) is 0 Å². The molecular formula is C8H16O4. The van der Waals surface area contributed by atoms with Gasteiger partial charge < -0.3 is 20.1 Å². The lowest BCUT2D eigenvalue weighted by molar-refractivity contribution is -0.179. The van der Waals surface area contributed by atoms with Gasteiger partial charge >= 0.3 is 0 Å². The molecule has 3 unspecified atom stereocenters. The maximum Gasteiger partial charge on any atom is 0.109 e. The third kappa shape index (κ3) is 1.95. The molecule has 0 aromatic carbocycles. The van der Waals surface area contributed by atoms with E-state index >= 15 is 0 Å². The van der Waals surface area contributed by atoms with E-state index < -0.39 is 18.3 Å². The first-order chi connectivity index (χ1) is 5.69. The van der Waals surface area contributed by atoms with E-state index in [9.17, 15) is 10.2 Å². The van der Waals surface area contributed by atoms with Crippen LogP contribution < -0.4 is 0 Å². The number of aliphatic hydroxyl groups is 3. The van der Waals surface area contributed by atoms with Crippen LogP contribution in [-0.4, -0.2) is 46.3 Å². The van der Waals surface area contributed by atoms with Crippen molar-refractivity contribution in [1.29, 1.82) is 0 Å². The molecule has 3 N–H and O–H groups in total. The number of rotatable bonds is 2. The molecule has 0 saturated carbocycles. The molecule has 0 radical (unpaired) electrons. The van der Waals surface area contributed by atoms with Gasteiger partial charge in [-0.05, 0) is 6.42 Å². The highest BCUT2D eigenvalue weighted by Crippen LogP contribution is 2.21. The fraction of sp³-hybridized carbons (Fsp3) is 1.00. The zero-order chi connectivity index (χ0) is 9.14. The molecule has 1 rings (SSSR count). The zero-order valence-electron chi connectivity index (χ0n) is 7.18. The van der Waals surface area contributed by atoms with Crippen LogP contribution >= 0.6 is 0 Å². The number of hydrogen-bond acceptors (Lipinski definition) is 4. The highest BCUT2D eigenvalue weighted by Gasteiger charge is 2.35. The third-order valence-electron chi connectivity index (χ3n) is 2.28. The molecule has 4 nitrogen and oxygen atoms in total. The Morgan fingerprint density at radius 3 is 2.58 bits per heavy atom. The van der Waals surface area contributed by atoms with Gasteiger partial charge in [-0.2, -0.15) is 0 Å². The third-order valence-corrected chi connectivity index (χ3v) is 2.28. The minimum atomic E-state index is -0.946. The molecule has 4 heteroatoms. The van der Waals surface area contributed by atoms with Crippen LogP contribution in [0.5, 0.6) is 0 Å². The van der Waals surface area contributed by atoms with E-state index in [1.54, 1.807) is 0 Å². The quantitative estimate of drug-likeness (QED) is 0.518. The smallest absolute Gasteiger partial charge is 0.109 e. The molecule has 12 heavy (non-hydrogen) atoms. The summed E-state index contributed by atoms with van der Waals surface area (Å²) in [6, 6.07) is 0. The van der Waals surface area contributed by atoms with Crippen molar-refractivity contribution < 1.29 is 20.1 Å². The van der Waals surface area contributed by atoms with E-state index in [0.29, 0.717) is 6.42 Å². The van der Waals surface area contributed by atoms with Crippen molar-refractivity contribution >= 4 is 0 Å². The van der Waals surface area contributed by atoms with Gasteiger partial charge in [0, 0.05) is 6.42 Å². The molecule has 1 aliphatic rings. The summed E-state index contributed by atoms with van der Waals surface area (Å²) < 4.78 is 5.31. The average molecular weight is 176 g/mol. The predicted molar refractivity (Wildman–Crippen MR) is 42.7 cm³/mol. The van der Waals surface area contributed by atoms with Crippen LogP contribution in [0.4, 0.5) is 0 Å². The van der Waals surface area contributed by atoms with Crippen molar-refractivity contribution in [3.05, 3.63) is 0 Å². The Morgan fingerprint density at radius 2 is 2.08 bits per heavy atom. The molecule has 1 saturated heterocycles. The van der Waals surface area contributed by atoms with Gasteiger partial charge in [0.05, 0.1) is 18.8 Å². The van der Waals surface area contributed by atoms with E-state index in [2.05, 4.69) is 0 Å². The fourth-order valence-corrected chi connectivity index (χ4v) is 1.45. The summed E-state index contributed by atoms with van der Waals surface area (Å²) >= 11 is 0. The summed E-state index contributed by atoms with van der Waals surface area (Å²) in [7, 11) is 0. The van der Waals surface area contributed by atoms with Gasteiger partial charge in [0.25, 0.3) is 0 Å². The van der Waals surface area contributed by atoms with Gasteiger partial charge in [0.2, 0.25) is 0 Å². The van der Waals surface area contributed by atoms with Crippen molar-refractivity contribution in [3.63, 3.8) is 0 Å². The van der Waals surface area contributed by atoms with Gasteiger partial charge in [-0.15, -0.1) is 0 Å². The van der Waals surface area contributed by atoms with Crippen LogP contribution in [0.1, 0.15) is 19.8 Å². The van der Waals surface area contributed by atoms with E-state index in [1.807, 2.05) is 6.92 Å². The summed E-state index contributed by atoms with van der Waals surface area (Å²) in [4.78, 5) is 0. The monoisotopic (exact) mass is 176 g/mol. The first kappa shape index (κ1) is 9.92. The number of hydrogen-bond donors (Lipinski definition) is 3. The molecule has 1 aliphatic heterocycles. The summed E-state index contributed by atoms with van der Waals surface area (Å²) in [6.45, 7) is 1.71. The molecule has 0 spiro atoms. The van der Waals surface area contributed by atoms with Crippen LogP contribution in [0.2, 0.25) is 0 Å². The van der Waals surface area contributed by atoms with Crippen LogP contribution in [0.15, 0.2) is 0 Å². The second kappa shape index (κ2) is 4.18. The summed E-state index contributed by atoms with van der Waals surface area (Å²) in [5, 5.41) is 27.5. The van der Waals surface area contributed by atoms with Crippen molar-refractivity contribution in [3.8, 4) is 0 Å². The summed E-state index contributed by atoms with van der Waals surface area (Å²) in [5.74, 6) is 0. The first-order valence-corrected chi connectivity index (χ1v) is 4.31. The van der Waals surface area contributed by atoms with Gasteiger partial charge in [-0.1, -0.05) is 6.92 Å². The molecule has 0 amide bonds. The maximum absolute atomic E-state index is 9.34. The maximum atomic E-state index is 9.34. The highest BCUT2D eigenvalue weighted by atomic mass is 16.5. The Morgan fingerprint density at radius 1 is 1.42 bits per heavy atom. The molecule has 0 bridgehead atoms. The lowest BCUT2D eigenvalue weighted by Crippen LogP contribution is -2.49. The van der Waals surface area contributed by atoms with Crippen molar-refractivity contribution in [1.82, 2.24) is 0 Å². The van der Waals surface area contributed by atoms with Crippen molar-refractivity contribution in [2.24, 2.45) is 0 Å². The topological polar surface area (TPSA) is 69.9 Å². The van der Waals surface area contributed by atoms with Crippen LogP contribution in [-0.2, 0) is 4.74 Å². The zero-order valence-corrected chi connectivity index (χ0v) is 7.18. The van der Waals surface area contributed by atoms with Gasteiger partial charge in [-0.3, -0.25) is 0 Å². The van der Waals surface area contributed by atoms with Gasteiger partial charge in [0.15, 0.2) is 0 Å². The predicted octanol–water partition coefficient (Wildman–Crippen LogP) is -0.732. The fourth-order valence-electron chi connectivity index (χ4n) is 1.45. The molecule has 1 heterocycles. The second-order valence-corrected chi connectivity index (χ2v) is 3.18. The normalized spacial score (nSPS) is 43.0. The van der Waals surface area contributed by atoms with Crippen molar-refractivity contribution in [2.45, 2.75) is 44.2 Å². The van der Waals surface area contributed by atoms with Crippen LogP contribution in [0, 0.1) is 0 Å². The molecule has 0 aliphatic carbocycles. The van der Waals surface area contributed by atoms with E-state index in [0.717, 1.165) is 6.42 Å². The number of ether oxygens (including phenoxy) is 1. The second-order valence-electron chi connectivity index (χ2n) is 3.18. The Kier molecular flexibility index (Phi) is 3.46. The minimum Gasteiger partial charge on any atom is -0.394 e. The Labute approximate surface area is 71.8 Å². The SMILES string of the molecule is CC[C@H]1CC(O)C(O)C(CO)O1. The molecule has 0 aromatic rings. The summed E-state index contributed by atoms with van der Waals surface area (Å²) in [6.07, 6.45) is -1.13. The molecular weight excluding hydrogens is 160 g/mol. The molecule has 1 fully saturated rings. The molecule has 4 atom stereocenters. The van der Waals surface area contributed by atoms with Gasteiger partial charge in [0.1, 0.15) is 12.2 Å². The highest BCUT2D eigenvalue weighted by molar-refractivity contribution is 4.84. The number of aliphatic hydroxyl groups excluding tert-OH is 3. The van der Waals surface area contributed by atoms with E-state index in [1.165, 1.54) is 0 Å². The lowest BCUT2D eigenvalue weighted by atomic mass is 9.97. The van der Waals surface area contributed by atoms with E-state index in [-0.39, 0.29) is 12.7 Å². The van der Waals surface area contributed by atoms with E-state index in [4.69, 9.17) is 9.84 Å². The first-order valence-electron chi connectivity index (χ1n) is 4.31. The van der Waals surface area contributed by atoms with Crippen LogP contribution in [0.3, 0.4) is 0 Å². The Balaban J connectivity index is 2.52. The largest absolute Gasteiger partial charge is 0.394 e. The Hall–Kier alpha value is -0.160. The average Bonchev–Trinajstić information content (AvgIpc) is 2.09. The lowest BCUT2D eigenvalue weighted by Gasteiger charge is -2.35. The standard InChI is InChI=1S/C8H16O4/c1-2-5-3-6(10)8(11)7(4-9)12-5/h5-11H,2-4H2,1H3/t5-,6?,7?,8?/m0/s1. The Bertz CT molecular complexity index is 139. The molecule has 72 valence electrons. The van der Waals surface area contributed by atoms with Gasteiger partial charge in [-0.25, -0.2) is 0 Å². The van der Waals surface area contributed by atoms with Crippen molar-refractivity contribution in [2.75, 3.05) is 6.61 Å².